The first-order valence-corrected chi connectivity index (χ1v) is 44.5. The lowest BCUT2D eigenvalue weighted by atomic mass is 9.33. The highest BCUT2D eigenvalue weighted by molar-refractivity contribution is 5.93. The van der Waals surface area contributed by atoms with Gasteiger partial charge < -0.3 is 71.1 Å². The smallest absolute Gasteiger partial charge is 0.338 e. The Hall–Kier alpha value is -10.5. The Morgan fingerprint density at radius 2 is 0.794 bits per heavy atom. The molecule has 0 radical (unpaired) electrons. The highest BCUT2D eigenvalue weighted by Gasteiger charge is 2.71. The first kappa shape index (κ1) is 87.5. The number of hydrogen-bond donors (Lipinski definition) is 0. The molecule has 4 saturated heterocycles. The van der Waals surface area contributed by atoms with Gasteiger partial charge in [0.05, 0.1) is 63.7 Å². The van der Waals surface area contributed by atoms with Crippen molar-refractivity contribution in [1.82, 2.24) is 0 Å². The van der Waals surface area contributed by atoms with Crippen LogP contribution < -0.4 is 0 Å². The van der Waals surface area contributed by atoms with Crippen molar-refractivity contribution in [2.75, 3.05) is 6.61 Å². The third-order valence-electron chi connectivity index (χ3n) is 29.4. The Bertz CT molecular complexity index is 5200. The molecule has 0 amide bonds. The quantitative estimate of drug-likeness (QED) is 0.0264. The van der Waals surface area contributed by atoms with Gasteiger partial charge in [0, 0.05) is 5.56 Å². The van der Waals surface area contributed by atoms with Crippen LogP contribution >= 0.6 is 0 Å². The van der Waals surface area contributed by atoms with Crippen molar-refractivity contribution < 1.29 is 105 Å². The molecule has 4 saturated carbocycles. The van der Waals surface area contributed by atoms with E-state index in [0.717, 1.165) is 63.4 Å². The summed E-state index contributed by atoms with van der Waals surface area (Å²) in [6.45, 7) is 20.1. The minimum atomic E-state index is -1.85. The average molecular weight is 1710 g/mol. The van der Waals surface area contributed by atoms with Crippen LogP contribution in [0.4, 0.5) is 0 Å². The van der Waals surface area contributed by atoms with E-state index in [4.69, 9.17) is 71.1 Å². The molecule has 660 valence electrons. The van der Waals surface area contributed by atoms with Gasteiger partial charge in [-0.25, -0.2) is 28.8 Å². The second kappa shape index (κ2) is 36.3. The van der Waals surface area contributed by atoms with Crippen LogP contribution in [-0.4, -0.2) is 147 Å². The molecule has 8 aromatic rings. The number of carbonyl (C=O) groups is 7. The minimum Gasteiger partial charge on any atom is -0.460 e. The van der Waals surface area contributed by atoms with Gasteiger partial charge in [-0.05, 0) is 201 Å². The molecule has 0 N–H and O–H groups in total. The zero-order valence-electron chi connectivity index (χ0n) is 72.7. The van der Waals surface area contributed by atoms with E-state index in [2.05, 4.69) is 54.5 Å². The van der Waals surface area contributed by atoms with Gasteiger partial charge in [-0.15, -0.1) is 0 Å². The van der Waals surface area contributed by atoms with Crippen LogP contribution in [0.2, 0.25) is 0 Å². The van der Waals surface area contributed by atoms with Crippen molar-refractivity contribution in [2.45, 2.75) is 238 Å². The van der Waals surface area contributed by atoms with Crippen LogP contribution in [0.25, 0.3) is 0 Å². The second-order valence-electron chi connectivity index (χ2n) is 37.7. The highest BCUT2D eigenvalue weighted by atomic mass is 16.8. The van der Waals surface area contributed by atoms with Crippen LogP contribution in [0.15, 0.2) is 254 Å². The monoisotopic (exact) mass is 1710 g/mol. The molecule has 4 aliphatic heterocycles. The predicted molar refractivity (Wildman–Crippen MR) is 461 cm³/mol. The maximum Gasteiger partial charge on any atom is 0.338 e. The fourth-order valence-electron chi connectivity index (χ4n) is 22.5. The Kier molecular flexibility index (Phi) is 25.2. The number of ether oxygens (including phenoxy) is 15. The molecule has 17 rings (SSSR count). The predicted octanol–water partition coefficient (Wildman–Crippen LogP) is 18.4. The van der Waals surface area contributed by atoms with Crippen LogP contribution in [0.3, 0.4) is 0 Å². The highest BCUT2D eigenvalue weighted by Crippen LogP contribution is 2.76. The molecule has 0 spiro atoms. The van der Waals surface area contributed by atoms with Gasteiger partial charge in [-0.1, -0.05) is 230 Å². The number of fused-ring (bicyclic) bond motifs is 8. The molecule has 4 heterocycles. The zero-order chi connectivity index (χ0) is 87.9. The van der Waals surface area contributed by atoms with Gasteiger partial charge in [0.25, 0.3) is 0 Å². The van der Waals surface area contributed by atoms with Crippen LogP contribution in [0, 0.1) is 50.2 Å². The summed E-state index contributed by atoms with van der Waals surface area (Å²) in [5, 5.41) is 0. The molecule has 9 aliphatic rings. The van der Waals surface area contributed by atoms with E-state index < -0.39 is 151 Å². The van der Waals surface area contributed by atoms with Gasteiger partial charge in [0.15, 0.2) is 61.8 Å². The molecular formula is C104H112O22. The fourth-order valence-corrected chi connectivity index (χ4v) is 22.5. The maximum atomic E-state index is 15.3. The van der Waals surface area contributed by atoms with Gasteiger partial charge in [-0.2, -0.15) is 0 Å². The SMILES string of the molecule is C[C@@H]1O[C@@H](O[C@@H]2[C@@H](O[C@@H]3O[C@@H](C)[C@H](OC(=O)c4ccccc4)[C@@H](OC(=O)c4ccccc4)[C@H]3OC(=O)c3ccccc3)[C@H](O[C@H]3CC[C@]4(C)[C@H]5CC=C6[C@@H]7CC(C)(C)CC[C@]7(C(=O)OCc7ccccc7)CC[C@@]6(C)[C@]5(C)CC[C@H]4C3(C)C)O[C@@H]3CO[C@@H](c4ccccc4)O[C@@H]23)[C@H](OC(=O)c2ccccc2)[C@H](OC(=O)c2ccccc2)[C@H]1OC(=O)c1ccccc1. The number of carbonyl (C=O) groups excluding carboxylic acids is 7. The number of esters is 7. The third-order valence-corrected chi connectivity index (χ3v) is 29.4. The number of benzene rings is 8. The first-order chi connectivity index (χ1) is 60.7. The minimum absolute atomic E-state index is 0.00715. The van der Waals surface area contributed by atoms with Gasteiger partial charge in [-0.3, -0.25) is 4.79 Å². The Morgan fingerprint density at radius 1 is 0.389 bits per heavy atom. The Balaban J connectivity index is 0.784. The molecule has 0 bridgehead atoms. The van der Waals surface area contributed by atoms with Crippen molar-refractivity contribution in [3.63, 3.8) is 0 Å². The molecule has 5 aliphatic carbocycles. The van der Waals surface area contributed by atoms with Crippen molar-refractivity contribution in [2.24, 2.45) is 50.2 Å². The largest absolute Gasteiger partial charge is 0.460 e. The maximum absolute atomic E-state index is 15.3. The molecule has 22 nitrogen and oxygen atoms in total. The third kappa shape index (κ3) is 17.2. The summed E-state index contributed by atoms with van der Waals surface area (Å²) in [6.07, 6.45) is -14.8. The summed E-state index contributed by atoms with van der Waals surface area (Å²) in [7, 11) is 0. The topological polar surface area (TPSA) is 258 Å². The summed E-state index contributed by atoms with van der Waals surface area (Å²) in [5.41, 5.74) is 1.70. The second-order valence-corrected chi connectivity index (χ2v) is 37.7. The number of hydrogen-bond acceptors (Lipinski definition) is 22. The van der Waals surface area contributed by atoms with Crippen LogP contribution in [0.1, 0.15) is 206 Å². The van der Waals surface area contributed by atoms with E-state index in [1.165, 1.54) is 5.57 Å². The van der Waals surface area contributed by atoms with Crippen molar-refractivity contribution in [3.8, 4) is 0 Å². The van der Waals surface area contributed by atoms with Gasteiger partial charge in [0.2, 0.25) is 0 Å². The molecule has 126 heavy (non-hydrogen) atoms. The molecule has 8 aromatic carbocycles. The van der Waals surface area contributed by atoms with E-state index >= 15 is 24.0 Å². The van der Waals surface area contributed by atoms with E-state index in [9.17, 15) is 9.59 Å². The zero-order valence-corrected chi connectivity index (χ0v) is 72.7. The molecular weight excluding hydrogens is 1600 g/mol. The van der Waals surface area contributed by atoms with E-state index in [1.807, 2.05) is 60.7 Å². The standard InChI is InChI=1S/C104H112O22/c1-63-79(118-88(105)66-36-20-11-21-37-66)82(120-90(107)68-40-24-13-25-41-68)85(122-92(109)70-44-28-15-29-45-70)95(114-63)125-84-81-75(62-112-94(124-81)72-48-32-17-33-49-72)116-97(87(84)126-96-86(123-93(110)71-46-30-16-31-47-71)83(121-91(108)69-42-26-14-27-43-69)80(64(2)115-96)119-89(106)67-38-22-12-23-39-67)117-78-53-54-101(7)76(100(78,5)6)52-55-103(9)77(101)51-50-73-74-60-99(3,4)56-58-104(74,59-57-102(73,103)8)98(111)113-61-65-34-18-10-19-35-65/h10-50,63-64,74-87,94-97H,51-62H2,1-9H3/t63-,64-,74-,75+,76-,77+,78-,79-,80-,81+,82+,83+,84-,85+,86+,87+,94+,95-,96-,97-,101-,102+,103+,104-/m0/s1. The van der Waals surface area contributed by atoms with Gasteiger partial charge in [0.1, 0.15) is 31.0 Å². The summed E-state index contributed by atoms with van der Waals surface area (Å²) in [6, 6.07) is 68.4. The summed E-state index contributed by atoms with van der Waals surface area (Å²) < 4.78 is 105. The van der Waals surface area contributed by atoms with Gasteiger partial charge >= 0.3 is 41.8 Å². The Morgan fingerprint density at radius 3 is 1.25 bits per heavy atom. The van der Waals surface area contributed by atoms with Crippen molar-refractivity contribution in [3.05, 3.63) is 299 Å². The molecule has 0 aromatic heterocycles. The molecule has 8 fully saturated rings. The lowest BCUT2D eigenvalue weighted by molar-refractivity contribution is -0.419. The van der Waals surface area contributed by atoms with Crippen molar-refractivity contribution >= 4 is 41.8 Å². The fraction of sp³-hybridized carbons (Fsp3) is 0.452. The summed E-state index contributed by atoms with van der Waals surface area (Å²) in [4.78, 5) is 105. The first-order valence-electron chi connectivity index (χ1n) is 44.5. The number of rotatable bonds is 22. The Labute approximate surface area is 735 Å². The summed E-state index contributed by atoms with van der Waals surface area (Å²) >= 11 is 0. The molecule has 22 heteroatoms. The average Bonchev–Trinajstić information content (AvgIpc) is 0.673. The van der Waals surface area contributed by atoms with Crippen LogP contribution in [0.5, 0.6) is 0 Å². The lowest BCUT2D eigenvalue weighted by Gasteiger charge is -2.71. The number of allylic oxidation sites excluding steroid dienone is 2. The van der Waals surface area contributed by atoms with E-state index in [0.29, 0.717) is 12.0 Å². The summed E-state index contributed by atoms with van der Waals surface area (Å²) in [5.74, 6) is -5.02. The molecule has 0 unspecified atom stereocenters. The van der Waals surface area contributed by atoms with Crippen LogP contribution in [-0.2, 0) is 82.5 Å². The molecule has 24 atom stereocenters. The lowest BCUT2D eigenvalue weighted by Crippen LogP contribution is -2.70. The van der Waals surface area contributed by atoms with E-state index in [1.54, 1.807) is 196 Å². The normalized spacial score (nSPS) is 34.1. The van der Waals surface area contributed by atoms with E-state index in [-0.39, 0.29) is 92.0 Å². The van der Waals surface area contributed by atoms with Crippen molar-refractivity contribution in [1.29, 1.82) is 0 Å².